The van der Waals surface area contributed by atoms with Gasteiger partial charge in [-0.05, 0) is 36.5 Å². The lowest BCUT2D eigenvalue weighted by Crippen LogP contribution is -2.50. The molecule has 1 aliphatic rings. The number of hydrogen-bond acceptors (Lipinski definition) is 3. The van der Waals surface area contributed by atoms with Crippen molar-refractivity contribution in [3.63, 3.8) is 0 Å². The number of aromatic nitrogens is 2. The van der Waals surface area contributed by atoms with Gasteiger partial charge in [-0.1, -0.05) is 18.2 Å². The Morgan fingerprint density at radius 2 is 2.13 bits per heavy atom. The molecule has 1 unspecified atom stereocenters. The fourth-order valence-electron chi connectivity index (χ4n) is 3.10. The van der Waals surface area contributed by atoms with Crippen LogP contribution in [0.15, 0.2) is 36.7 Å². The van der Waals surface area contributed by atoms with Crippen LogP contribution < -0.4 is 10.6 Å². The van der Waals surface area contributed by atoms with Crippen LogP contribution in [-0.2, 0) is 29.5 Å². The predicted molar refractivity (Wildman–Crippen MR) is 86.8 cm³/mol. The molecular formula is C17H20N4O2. The van der Waals surface area contributed by atoms with Crippen LogP contribution in [0.2, 0.25) is 0 Å². The van der Waals surface area contributed by atoms with E-state index in [0.717, 1.165) is 23.2 Å². The fraction of sp³-hybridized carbons (Fsp3) is 0.353. The van der Waals surface area contributed by atoms with Gasteiger partial charge in [-0.25, -0.2) is 0 Å². The van der Waals surface area contributed by atoms with Gasteiger partial charge in [0.2, 0.25) is 11.8 Å². The summed E-state index contributed by atoms with van der Waals surface area (Å²) in [6.07, 6.45) is 5.90. The number of carbonyl (C=O) groups excluding carboxylic acids is 2. The molecule has 23 heavy (non-hydrogen) atoms. The van der Waals surface area contributed by atoms with Crippen molar-refractivity contribution in [2.24, 2.45) is 12.8 Å². The molecule has 0 aliphatic carbocycles. The molecule has 2 heterocycles. The summed E-state index contributed by atoms with van der Waals surface area (Å²) in [5.41, 5.74) is 8.41. The minimum Gasteiger partial charge on any atom is -0.368 e. The topological polar surface area (TPSA) is 81.2 Å². The van der Waals surface area contributed by atoms with Crippen molar-refractivity contribution in [2.45, 2.75) is 31.7 Å². The lowest BCUT2D eigenvalue weighted by Gasteiger charge is -2.35. The fourth-order valence-corrected chi connectivity index (χ4v) is 3.10. The van der Waals surface area contributed by atoms with E-state index in [1.54, 1.807) is 15.8 Å². The Labute approximate surface area is 134 Å². The largest absolute Gasteiger partial charge is 0.368 e. The predicted octanol–water partition coefficient (Wildman–Crippen LogP) is 1.19. The van der Waals surface area contributed by atoms with E-state index in [9.17, 15) is 9.59 Å². The highest BCUT2D eigenvalue weighted by atomic mass is 16.2. The number of benzene rings is 1. The summed E-state index contributed by atoms with van der Waals surface area (Å²) < 4.78 is 1.71. The number of aryl methyl sites for hydroxylation is 3. The van der Waals surface area contributed by atoms with Gasteiger partial charge in [0.15, 0.2) is 0 Å². The highest BCUT2D eigenvalue weighted by molar-refractivity contribution is 6.01. The molecule has 0 bridgehead atoms. The van der Waals surface area contributed by atoms with Crippen molar-refractivity contribution in [3.05, 3.63) is 47.8 Å². The first-order chi connectivity index (χ1) is 11.1. The normalized spacial score (nSPS) is 16.9. The molecular weight excluding hydrogens is 292 g/mol. The van der Waals surface area contributed by atoms with Gasteiger partial charge in [0, 0.05) is 25.4 Å². The Hall–Kier alpha value is -2.63. The number of rotatable bonds is 4. The molecule has 1 atom stereocenters. The van der Waals surface area contributed by atoms with Gasteiger partial charge in [0.25, 0.3) is 0 Å². The Bertz CT molecular complexity index is 738. The maximum atomic E-state index is 12.7. The molecule has 1 aromatic carbocycles. The average Bonchev–Trinajstić information content (AvgIpc) is 2.96. The van der Waals surface area contributed by atoms with Gasteiger partial charge in [-0.2, -0.15) is 5.10 Å². The number of nitrogens with two attached hydrogens (primary N) is 1. The number of nitrogens with zero attached hydrogens (tertiary/aromatic N) is 3. The molecule has 0 saturated carbocycles. The summed E-state index contributed by atoms with van der Waals surface area (Å²) in [5, 5.41) is 4.10. The molecule has 0 saturated heterocycles. The van der Waals surface area contributed by atoms with E-state index in [1.807, 2.05) is 37.5 Å². The molecule has 0 fully saturated rings. The van der Waals surface area contributed by atoms with Gasteiger partial charge in [0.1, 0.15) is 6.04 Å². The summed E-state index contributed by atoms with van der Waals surface area (Å²) in [6.45, 7) is 0. The molecule has 1 aromatic heterocycles. The second kappa shape index (κ2) is 6.24. The molecule has 2 amide bonds. The zero-order chi connectivity index (χ0) is 16.4. The first-order valence-corrected chi connectivity index (χ1v) is 7.73. The molecule has 0 radical (unpaired) electrons. The van der Waals surface area contributed by atoms with Crippen LogP contribution >= 0.6 is 0 Å². The second-order valence-electron chi connectivity index (χ2n) is 5.87. The highest BCUT2D eigenvalue weighted by Gasteiger charge is 2.33. The average molecular weight is 312 g/mol. The van der Waals surface area contributed by atoms with Crippen molar-refractivity contribution in [3.8, 4) is 0 Å². The molecule has 0 spiro atoms. The van der Waals surface area contributed by atoms with Gasteiger partial charge < -0.3 is 5.73 Å². The van der Waals surface area contributed by atoms with Crippen LogP contribution in [0, 0.1) is 0 Å². The number of carbonyl (C=O) groups is 2. The number of primary amides is 1. The van der Waals surface area contributed by atoms with E-state index in [2.05, 4.69) is 5.10 Å². The summed E-state index contributed by atoms with van der Waals surface area (Å²) in [5.74, 6) is -0.529. The van der Waals surface area contributed by atoms with Crippen molar-refractivity contribution in [1.82, 2.24) is 9.78 Å². The van der Waals surface area contributed by atoms with E-state index >= 15 is 0 Å². The maximum absolute atomic E-state index is 12.7. The molecule has 6 heteroatoms. The van der Waals surface area contributed by atoms with Crippen LogP contribution in [0.25, 0.3) is 0 Å². The van der Waals surface area contributed by atoms with Crippen LogP contribution in [0.3, 0.4) is 0 Å². The van der Waals surface area contributed by atoms with E-state index in [0.29, 0.717) is 19.3 Å². The minimum atomic E-state index is -0.564. The lowest BCUT2D eigenvalue weighted by molar-refractivity contribution is -0.124. The quantitative estimate of drug-likeness (QED) is 0.920. The number of hydrogen-bond donors (Lipinski definition) is 1. The van der Waals surface area contributed by atoms with Crippen molar-refractivity contribution >= 4 is 17.5 Å². The first-order valence-electron chi connectivity index (χ1n) is 7.73. The molecule has 6 nitrogen and oxygen atoms in total. The van der Waals surface area contributed by atoms with Crippen LogP contribution in [0.1, 0.15) is 24.0 Å². The third-order valence-corrected chi connectivity index (χ3v) is 4.23. The molecule has 2 aromatic rings. The number of fused-ring (bicyclic) bond motifs is 1. The van der Waals surface area contributed by atoms with Gasteiger partial charge >= 0.3 is 0 Å². The van der Waals surface area contributed by atoms with E-state index in [4.69, 9.17) is 5.73 Å². The first kappa shape index (κ1) is 15.3. The Morgan fingerprint density at radius 1 is 1.35 bits per heavy atom. The molecule has 3 rings (SSSR count). The number of anilines is 1. The lowest BCUT2D eigenvalue weighted by atomic mass is 9.94. The minimum absolute atomic E-state index is 0.0789. The highest BCUT2D eigenvalue weighted by Crippen LogP contribution is 2.31. The maximum Gasteiger partial charge on any atom is 0.240 e. The van der Waals surface area contributed by atoms with Crippen LogP contribution in [0.4, 0.5) is 5.69 Å². The van der Waals surface area contributed by atoms with Crippen molar-refractivity contribution in [1.29, 1.82) is 0 Å². The monoisotopic (exact) mass is 312 g/mol. The van der Waals surface area contributed by atoms with Gasteiger partial charge in [-0.15, -0.1) is 0 Å². The van der Waals surface area contributed by atoms with E-state index in [-0.39, 0.29) is 5.91 Å². The van der Waals surface area contributed by atoms with Gasteiger partial charge in [0.05, 0.1) is 6.20 Å². The molecule has 2 N–H and O–H groups in total. The number of para-hydroxylation sites is 1. The third-order valence-electron chi connectivity index (χ3n) is 4.23. The zero-order valence-electron chi connectivity index (χ0n) is 13.1. The van der Waals surface area contributed by atoms with Gasteiger partial charge in [-0.3, -0.25) is 19.2 Å². The smallest absolute Gasteiger partial charge is 0.240 e. The van der Waals surface area contributed by atoms with E-state index < -0.39 is 11.9 Å². The third kappa shape index (κ3) is 3.11. The van der Waals surface area contributed by atoms with E-state index in [1.165, 1.54) is 0 Å². The Balaban J connectivity index is 1.81. The van der Waals surface area contributed by atoms with Crippen molar-refractivity contribution < 1.29 is 9.59 Å². The second-order valence-corrected chi connectivity index (χ2v) is 5.87. The summed E-state index contributed by atoms with van der Waals surface area (Å²) >= 11 is 0. The Kier molecular flexibility index (Phi) is 4.14. The summed E-state index contributed by atoms with van der Waals surface area (Å²) in [4.78, 5) is 26.1. The van der Waals surface area contributed by atoms with Crippen LogP contribution in [0.5, 0.6) is 0 Å². The Morgan fingerprint density at radius 3 is 2.83 bits per heavy atom. The summed E-state index contributed by atoms with van der Waals surface area (Å²) in [7, 11) is 1.84. The number of amides is 2. The molecule has 1 aliphatic heterocycles. The SMILES string of the molecule is Cn1cc(CCC(=O)N2c3ccccc3CCC2C(N)=O)cn1. The summed E-state index contributed by atoms with van der Waals surface area (Å²) in [6, 6.07) is 7.14. The van der Waals surface area contributed by atoms with Crippen molar-refractivity contribution in [2.75, 3.05) is 4.90 Å². The van der Waals surface area contributed by atoms with Crippen LogP contribution in [-0.4, -0.2) is 27.6 Å². The zero-order valence-corrected chi connectivity index (χ0v) is 13.1. The molecule has 120 valence electrons. The standard InChI is InChI=1S/C17H20N4O2/c1-20-11-12(10-19-20)6-9-16(22)21-14-5-3-2-4-13(14)7-8-15(21)17(18)23/h2-5,10-11,15H,6-9H2,1H3,(H2,18,23).